The molecule has 0 spiro atoms. The quantitative estimate of drug-likeness (QED) is 0.542. The minimum absolute atomic E-state index is 0.0354. The molecule has 2 aromatic carbocycles. The van der Waals surface area contributed by atoms with E-state index in [1.807, 2.05) is 39.0 Å². The number of hydrogen-bond acceptors (Lipinski definition) is 3. The maximum atomic E-state index is 12.7. The highest BCUT2D eigenvalue weighted by atomic mass is 16.2. The van der Waals surface area contributed by atoms with Crippen LogP contribution >= 0.6 is 0 Å². The zero-order chi connectivity index (χ0) is 24.1. The van der Waals surface area contributed by atoms with Gasteiger partial charge in [-0.15, -0.1) is 0 Å². The highest BCUT2D eigenvalue weighted by Gasteiger charge is 2.23. The Kier molecular flexibility index (Phi) is 8.62. The van der Waals surface area contributed by atoms with Crippen LogP contribution in [0.2, 0.25) is 0 Å². The zero-order valence-electron chi connectivity index (χ0n) is 20.8. The lowest BCUT2D eigenvalue weighted by Gasteiger charge is -2.27. The van der Waals surface area contributed by atoms with E-state index in [0.29, 0.717) is 5.92 Å². The highest BCUT2D eigenvalue weighted by molar-refractivity contribution is 5.96. The van der Waals surface area contributed by atoms with Crippen LogP contribution in [0, 0.1) is 19.8 Å². The molecule has 0 bridgehead atoms. The van der Waals surface area contributed by atoms with Gasteiger partial charge in [-0.05, 0) is 54.4 Å². The molecule has 32 heavy (non-hydrogen) atoms. The molecule has 3 N–H and O–H groups in total. The molecule has 2 amide bonds. The van der Waals surface area contributed by atoms with Crippen molar-refractivity contribution in [1.29, 1.82) is 0 Å². The SMILES string of the molecule is Cc1cccc(C)c1NC(=O)CNC(=O)[C@@H](C)N[C@H](c1ccc(C(C)(C)C)cc1)C(C)C. The van der Waals surface area contributed by atoms with E-state index in [1.54, 1.807) is 0 Å². The van der Waals surface area contributed by atoms with Crippen LogP contribution in [-0.2, 0) is 15.0 Å². The van der Waals surface area contributed by atoms with Gasteiger partial charge < -0.3 is 10.6 Å². The van der Waals surface area contributed by atoms with E-state index in [0.717, 1.165) is 22.4 Å². The molecule has 0 aliphatic heterocycles. The Morgan fingerprint density at radius 2 is 1.47 bits per heavy atom. The van der Waals surface area contributed by atoms with Crippen molar-refractivity contribution in [1.82, 2.24) is 10.6 Å². The number of anilines is 1. The Hall–Kier alpha value is -2.66. The van der Waals surface area contributed by atoms with Crippen molar-refractivity contribution in [2.24, 2.45) is 5.92 Å². The summed E-state index contributed by atoms with van der Waals surface area (Å²) in [6, 6.07) is 14.1. The lowest BCUT2D eigenvalue weighted by atomic mass is 9.85. The Balaban J connectivity index is 1.96. The third kappa shape index (κ3) is 6.92. The van der Waals surface area contributed by atoms with Gasteiger partial charge in [-0.2, -0.15) is 0 Å². The maximum Gasteiger partial charge on any atom is 0.243 e. The molecule has 2 atom stereocenters. The molecule has 2 aromatic rings. The van der Waals surface area contributed by atoms with E-state index in [4.69, 9.17) is 0 Å². The Bertz CT molecular complexity index is 907. The van der Waals surface area contributed by atoms with Crippen LogP contribution in [0.25, 0.3) is 0 Å². The van der Waals surface area contributed by atoms with Gasteiger partial charge in [0.05, 0.1) is 12.6 Å². The second kappa shape index (κ2) is 10.8. The van der Waals surface area contributed by atoms with Crippen molar-refractivity contribution < 1.29 is 9.59 Å². The molecule has 0 unspecified atom stereocenters. The minimum Gasteiger partial charge on any atom is -0.346 e. The van der Waals surface area contributed by atoms with E-state index in [1.165, 1.54) is 5.56 Å². The molecule has 0 radical (unpaired) electrons. The van der Waals surface area contributed by atoms with Crippen molar-refractivity contribution in [3.63, 3.8) is 0 Å². The van der Waals surface area contributed by atoms with Gasteiger partial charge in [0.25, 0.3) is 0 Å². The Morgan fingerprint density at radius 3 is 1.97 bits per heavy atom. The Labute approximate surface area is 193 Å². The molecule has 5 heteroatoms. The number of para-hydroxylation sites is 1. The molecule has 0 saturated heterocycles. The largest absolute Gasteiger partial charge is 0.346 e. The number of carbonyl (C=O) groups excluding carboxylic acids is 2. The molecule has 0 saturated carbocycles. The fourth-order valence-corrected chi connectivity index (χ4v) is 3.72. The number of nitrogens with one attached hydrogen (secondary N) is 3. The number of carbonyl (C=O) groups is 2. The number of aryl methyl sites for hydroxylation is 2. The molecule has 0 aliphatic carbocycles. The molecule has 5 nitrogen and oxygen atoms in total. The molecule has 2 rings (SSSR count). The molecule has 0 fully saturated rings. The van der Waals surface area contributed by atoms with Crippen molar-refractivity contribution in [3.05, 3.63) is 64.7 Å². The van der Waals surface area contributed by atoms with E-state index in [9.17, 15) is 9.59 Å². The minimum atomic E-state index is -0.433. The molecule has 0 heterocycles. The normalized spacial score (nSPS) is 13.5. The van der Waals surface area contributed by atoms with Crippen LogP contribution in [0.5, 0.6) is 0 Å². The molecule has 0 aromatic heterocycles. The van der Waals surface area contributed by atoms with Gasteiger partial charge in [-0.25, -0.2) is 0 Å². The first kappa shape index (κ1) is 25.6. The number of benzene rings is 2. The summed E-state index contributed by atoms with van der Waals surface area (Å²) in [5.41, 5.74) is 5.33. The molecular weight excluding hydrogens is 398 g/mol. The van der Waals surface area contributed by atoms with Crippen molar-refractivity contribution in [2.45, 2.75) is 72.9 Å². The fourth-order valence-electron chi connectivity index (χ4n) is 3.72. The first-order chi connectivity index (χ1) is 14.9. The van der Waals surface area contributed by atoms with E-state index in [-0.39, 0.29) is 29.8 Å². The van der Waals surface area contributed by atoms with Gasteiger partial charge in [0.2, 0.25) is 11.8 Å². The van der Waals surface area contributed by atoms with Crippen LogP contribution in [0.4, 0.5) is 5.69 Å². The summed E-state index contributed by atoms with van der Waals surface area (Å²) in [7, 11) is 0. The van der Waals surface area contributed by atoms with Gasteiger partial charge in [0.15, 0.2) is 0 Å². The van der Waals surface area contributed by atoms with Gasteiger partial charge in [-0.3, -0.25) is 14.9 Å². The predicted octanol–water partition coefficient (Wildman–Crippen LogP) is 5.03. The van der Waals surface area contributed by atoms with Crippen LogP contribution in [0.1, 0.15) is 69.8 Å². The average molecular weight is 438 g/mol. The van der Waals surface area contributed by atoms with Gasteiger partial charge in [-0.1, -0.05) is 77.1 Å². The van der Waals surface area contributed by atoms with Crippen LogP contribution < -0.4 is 16.0 Å². The molecule has 174 valence electrons. The third-order valence-electron chi connectivity index (χ3n) is 5.79. The fraction of sp³-hybridized carbons (Fsp3) is 0.481. The molecular formula is C27H39N3O2. The second-order valence-corrected chi connectivity index (χ2v) is 10.0. The average Bonchev–Trinajstić information content (AvgIpc) is 2.72. The van der Waals surface area contributed by atoms with Crippen LogP contribution in [-0.4, -0.2) is 24.4 Å². The second-order valence-electron chi connectivity index (χ2n) is 10.0. The molecule has 0 aliphatic rings. The Morgan fingerprint density at radius 1 is 0.906 bits per heavy atom. The summed E-state index contributed by atoms with van der Waals surface area (Å²) in [5.74, 6) is -0.127. The van der Waals surface area contributed by atoms with Crippen molar-refractivity contribution >= 4 is 17.5 Å². The van der Waals surface area contributed by atoms with Crippen LogP contribution in [0.15, 0.2) is 42.5 Å². The topological polar surface area (TPSA) is 70.2 Å². The number of amides is 2. The van der Waals surface area contributed by atoms with Crippen molar-refractivity contribution in [2.75, 3.05) is 11.9 Å². The summed E-state index contributed by atoms with van der Waals surface area (Å²) in [6.45, 7) is 16.5. The first-order valence-electron chi connectivity index (χ1n) is 11.4. The predicted molar refractivity (Wildman–Crippen MR) is 133 cm³/mol. The van der Waals surface area contributed by atoms with Gasteiger partial charge in [0.1, 0.15) is 0 Å². The maximum absolute atomic E-state index is 12.7. The number of rotatable bonds is 8. The summed E-state index contributed by atoms with van der Waals surface area (Å²) in [6.07, 6.45) is 0. The lowest BCUT2D eigenvalue weighted by molar-refractivity contribution is -0.125. The monoisotopic (exact) mass is 437 g/mol. The summed E-state index contributed by atoms with van der Waals surface area (Å²) >= 11 is 0. The smallest absolute Gasteiger partial charge is 0.243 e. The first-order valence-corrected chi connectivity index (χ1v) is 11.4. The standard InChI is InChI=1S/C27H39N3O2/c1-17(2)24(21-12-14-22(15-13-21)27(6,7)8)29-20(5)26(32)28-16-23(31)30-25-18(3)10-9-11-19(25)4/h9-15,17,20,24,29H,16H2,1-8H3,(H,28,32)(H,30,31)/t20-,24+/m1/s1. The zero-order valence-corrected chi connectivity index (χ0v) is 20.8. The van der Waals surface area contributed by atoms with Gasteiger partial charge in [0, 0.05) is 11.7 Å². The summed E-state index contributed by atoms with van der Waals surface area (Å²) in [5, 5.41) is 9.09. The van der Waals surface area contributed by atoms with Gasteiger partial charge >= 0.3 is 0 Å². The lowest BCUT2D eigenvalue weighted by Crippen LogP contribution is -2.46. The van der Waals surface area contributed by atoms with E-state index < -0.39 is 6.04 Å². The highest BCUT2D eigenvalue weighted by Crippen LogP contribution is 2.27. The summed E-state index contributed by atoms with van der Waals surface area (Å²) in [4.78, 5) is 25.0. The van der Waals surface area contributed by atoms with Crippen LogP contribution in [0.3, 0.4) is 0 Å². The van der Waals surface area contributed by atoms with E-state index in [2.05, 4.69) is 74.8 Å². The summed E-state index contributed by atoms with van der Waals surface area (Å²) < 4.78 is 0. The third-order valence-corrected chi connectivity index (χ3v) is 5.79. The number of hydrogen-bond donors (Lipinski definition) is 3. The van der Waals surface area contributed by atoms with E-state index >= 15 is 0 Å². The van der Waals surface area contributed by atoms with Crippen molar-refractivity contribution in [3.8, 4) is 0 Å².